The number of thioether (sulfide) groups is 1. The minimum Gasteiger partial charge on any atom is -0.372 e. The van der Waals surface area contributed by atoms with Crippen molar-refractivity contribution in [3.05, 3.63) is 69.0 Å². The first kappa shape index (κ1) is 18.3. The molecule has 2 aliphatic rings. The summed E-state index contributed by atoms with van der Waals surface area (Å²) in [6.07, 6.45) is 4.29. The van der Waals surface area contributed by atoms with Crippen molar-refractivity contribution < 1.29 is 9.59 Å². The predicted octanol–water partition coefficient (Wildman–Crippen LogP) is 5.29. The van der Waals surface area contributed by atoms with Crippen molar-refractivity contribution in [1.29, 1.82) is 0 Å². The molecule has 2 fully saturated rings. The van der Waals surface area contributed by atoms with Crippen LogP contribution in [0.1, 0.15) is 24.0 Å². The van der Waals surface area contributed by atoms with Gasteiger partial charge in [0, 0.05) is 23.2 Å². The maximum absolute atomic E-state index is 12.7. The lowest BCUT2D eigenvalue weighted by atomic mass is 10.1. The van der Waals surface area contributed by atoms with Crippen LogP contribution in [0, 0.1) is 0 Å². The summed E-state index contributed by atoms with van der Waals surface area (Å²) in [6.45, 7) is 2.51. The summed E-state index contributed by atoms with van der Waals surface area (Å²) in [5, 5.41) is -0.220. The van der Waals surface area contributed by atoms with Gasteiger partial charge in [0.25, 0.3) is 11.1 Å². The van der Waals surface area contributed by atoms with Crippen molar-refractivity contribution in [3.8, 4) is 0 Å². The maximum atomic E-state index is 12.7. The minimum atomic E-state index is -0.225. The highest BCUT2D eigenvalue weighted by Crippen LogP contribution is 2.33. The average Bonchev–Trinajstić information content (AvgIpc) is 3.29. The number of imide groups is 1. The lowest BCUT2D eigenvalue weighted by Crippen LogP contribution is -2.27. The van der Waals surface area contributed by atoms with Gasteiger partial charge in [-0.05, 0) is 66.1 Å². The summed E-state index contributed by atoms with van der Waals surface area (Å²) in [4.78, 5) is 29.1. The molecule has 0 unspecified atom stereocenters. The summed E-state index contributed by atoms with van der Waals surface area (Å²) in [5.74, 6) is -0.225. The molecule has 2 amide bonds. The first-order valence-electron chi connectivity index (χ1n) is 8.95. The fourth-order valence-electron chi connectivity index (χ4n) is 3.32. The van der Waals surface area contributed by atoms with Crippen LogP contribution in [0.25, 0.3) is 6.08 Å². The number of amides is 2. The second-order valence-electron chi connectivity index (χ2n) is 6.68. The summed E-state index contributed by atoms with van der Waals surface area (Å²) in [6, 6.07) is 15.8. The lowest BCUT2D eigenvalue weighted by Gasteiger charge is -2.17. The Bertz CT molecular complexity index is 887. The number of hydrogen-bond acceptors (Lipinski definition) is 4. The molecule has 27 heavy (non-hydrogen) atoms. The van der Waals surface area contributed by atoms with E-state index in [0.29, 0.717) is 11.4 Å². The van der Waals surface area contributed by atoms with E-state index >= 15 is 0 Å². The molecule has 2 aromatic carbocycles. The van der Waals surface area contributed by atoms with Crippen LogP contribution in [0.2, 0.25) is 0 Å². The van der Waals surface area contributed by atoms with Crippen molar-refractivity contribution in [2.24, 2.45) is 0 Å². The molecular formula is C21H19BrN2O2S. The molecule has 0 aliphatic carbocycles. The minimum absolute atomic E-state index is 0.220. The van der Waals surface area contributed by atoms with E-state index in [-0.39, 0.29) is 11.1 Å². The standard InChI is InChI=1S/C21H19BrN2O2S/c22-17-7-3-16(4-8-17)14-24-20(25)19(27-21(24)26)13-15-5-9-18(10-6-15)23-11-1-2-12-23/h3-10,13H,1-2,11-12,14H2. The van der Waals surface area contributed by atoms with E-state index in [0.717, 1.165) is 40.5 Å². The van der Waals surface area contributed by atoms with Gasteiger partial charge in [0.15, 0.2) is 0 Å². The Hall–Kier alpha value is -2.05. The van der Waals surface area contributed by atoms with Gasteiger partial charge in [-0.1, -0.05) is 40.2 Å². The second-order valence-corrected chi connectivity index (χ2v) is 8.59. The zero-order chi connectivity index (χ0) is 18.8. The van der Waals surface area contributed by atoms with Crippen molar-refractivity contribution in [3.63, 3.8) is 0 Å². The Morgan fingerprint density at radius 3 is 2.30 bits per heavy atom. The van der Waals surface area contributed by atoms with Crippen molar-refractivity contribution in [2.75, 3.05) is 18.0 Å². The Morgan fingerprint density at radius 1 is 0.963 bits per heavy atom. The highest BCUT2D eigenvalue weighted by atomic mass is 79.9. The third-order valence-corrected chi connectivity index (χ3v) is 6.23. The third-order valence-electron chi connectivity index (χ3n) is 4.79. The molecule has 0 atom stereocenters. The number of carbonyl (C=O) groups is 2. The Balaban J connectivity index is 1.48. The van der Waals surface area contributed by atoms with Crippen molar-refractivity contribution in [2.45, 2.75) is 19.4 Å². The molecule has 0 N–H and O–H groups in total. The summed E-state index contributed by atoms with van der Waals surface area (Å²) in [5.41, 5.74) is 3.08. The van der Waals surface area contributed by atoms with E-state index in [1.807, 2.05) is 36.4 Å². The Morgan fingerprint density at radius 2 is 1.63 bits per heavy atom. The van der Waals surface area contributed by atoms with Gasteiger partial charge < -0.3 is 4.90 Å². The van der Waals surface area contributed by atoms with E-state index in [1.165, 1.54) is 23.4 Å². The first-order valence-corrected chi connectivity index (χ1v) is 10.6. The predicted molar refractivity (Wildman–Crippen MR) is 114 cm³/mol. The van der Waals surface area contributed by atoms with Gasteiger partial charge >= 0.3 is 0 Å². The van der Waals surface area contributed by atoms with Crippen molar-refractivity contribution >= 4 is 50.6 Å². The molecule has 138 valence electrons. The highest BCUT2D eigenvalue weighted by molar-refractivity contribution is 9.10. The molecule has 2 heterocycles. The van der Waals surface area contributed by atoms with E-state index in [1.54, 1.807) is 6.08 Å². The summed E-state index contributed by atoms with van der Waals surface area (Å²) in [7, 11) is 0. The van der Waals surface area contributed by atoms with E-state index < -0.39 is 0 Å². The Labute approximate surface area is 171 Å². The zero-order valence-electron chi connectivity index (χ0n) is 14.7. The van der Waals surface area contributed by atoms with Crippen LogP contribution in [0.3, 0.4) is 0 Å². The maximum Gasteiger partial charge on any atom is 0.293 e. The molecule has 4 rings (SSSR count). The van der Waals surface area contributed by atoms with E-state index in [4.69, 9.17) is 0 Å². The molecule has 0 aromatic heterocycles. The molecule has 2 saturated heterocycles. The number of carbonyl (C=O) groups excluding carboxylic acids is 2. The quantitative estimate of drug-likeness (QED) is 0.603. The van der Waals surface area contributed by atoms with E-state index in [9.17, 15) is 9.59 Å². The largest absolute Gasteiger partial charge is 0.372 e. The molecule has 2 aromatic rings. The van der Waals surface area contributed by atoms with Crippen LogP contribution < -0.4 is 4.90 Å². The third kappa shape index (κ3) is 4.12. The number of halogens is 1. The van der Waals surface area contributed by atoms with Crippen LogP contribution >= 0.6 is 27.7 Å². The van der Waals surface area contributed by atoms with Gasteiger partial charge in [-0.25, -0.2) is 0 Å². The van der Waals surface area contributed by atoms with Gasteiger partial charge in [0.1, 0.15) is 0 Å². The number of nitrogens with zero attached hydrogens (tertiary/aromatic N) is 2. The van der Waals surface area contributed by atoms with Crippen LogP contribution in [0.15, 0.2) is 57.9 Å². The molecule has 6 heteroatoms. The average molecular weight is 443 g/mol. The SMILES string of the molecule is O=C1SC(=Cc2ccc(N3CCCC3)cc2)C(=O)N1Cc1ccc(Br)cc1. The van der Waals surface area contributed by atoms with Gasteiger partial charge in [0.05, 0.1) is 11.4 Å². The number of hydrogen-bond donors (Lipinski definition) is 0. The monoisotopic (exact) mass is 442 g/mol. The molecule has 0 spiro atoms. The zero-order valence-corrected chi connectivity index (χ0v) is 17.1. The molecule has 4 nitrogen and oxygen atoms in total. The molecule has 0 saturated carbocycles. The lowest BCUT2D eigenvalue weighted by molar-refractivity contribution is -0.123. The first-order chi connectivity index (χ1) is 13.1. The van der Waals surface area contributed by atoms with Crippen LogP contribution in [0.4, 0.5) is 10.5 Å². The molecule has 0 bridgehead atoms. The van der Waals surface area contributed by atoms with Gasteiger partial charge in [0.2, 0.25) is 0 Å². The molecule has 0 radical (unpaired) electrons. The molecule has 2 aliphatic heterocycles. The summed E-state index contributed by atoms with van der Waals surface area (Å²) < 4.78 is 0.970. The fourth-order valence-corrected chi connectivity index (χ4v) is 4.42. The highest BCUT2D eigenvalue weighted by Gasteiger charge is 2.34. The molecular weight excluding hydrogens is 424 g/mol. The number of rotatable bonds is 4. The smallest absolute Gasteiger partial charge is 0.293 e. The van der Waals surface area contributed by atoms with Crippen LogP contribution in [0.5, 0.6) is 0 Å². The number of benzene rings is 2. The van der Waals surface area contributed by atoms with Crippen molar-refractivity contribution in [1.82, 2.24) is 4.90 Å². The Kier molecular flexibility index (Phi) is 5.36. The number of anilines is 1. The van der Waals surface area contributed by atoms with Crippen LogP contribution in [-0.2, 0) is 11.3 Å². The van der Waals surface area contributed by atoms with Gasteiger partial charge in [-0.3, -0.25) is 14.5 Å². The fraction of sp³-hybridized carbons (Fsp3) is 0.238. The van der Waals surface area contributed by atoms with E-state index in [2.05, 4.69) is 33.0 Å². The summed E-state index contributed by atoms with van der Waals surface area (Å²) >= 11 is 4.40. The van der Waals surface area contributed by atoms with Crippen LogP contribution in [-0.4, -0.2) is 29.1 Å². The normalized spacial score (nSPS) is 18.8. The second kappa shape index (κ2) is 7.90. The van der Waals surface area contributed by atoms with Gasteiger partial charge in [-0.15, -0.1) is 0 Å². The van der Waals surface area contributed by atoms with Gasteiger partial charge in [-0.2, -0.15) is 0 Å². The topological polar surface area (TPSA) is 40.6 Å².